The molecule has 0 saturated heterocycles. The van der Waals surface area contributed by atoms with E-state index in [2.05, 4.69) is 85.3 Å². The summed E-state index contributed by atoms with van der Waals surface area (Å²) in [5, 5.41) is 0. The van der Waals surface area contributed by atoms with E-state index in [9.17, 15) is 0 Å². The minimum Gasteiger partial charge on any atom is -0.0622 e. The summed E-state index contributed by atoms with van der Waals surface area (Å²) in [6, 6.07) is 28.3. The molecule has 0 heterocycles. The molecule has 0 aromatic heterocycles. The van der Waals surface area contributed by atoms with E-state index >= 15 is 0 Å². The molecule has 0 atom stereocenters. The molecular formula is C21H17. The number of fused-ring (bicyclic) bond motifs is 3. The van der Waals surface area contributed by atoms with Crippen LogP contribution < -0.4 is 0 Å². The molecule has 4 rings (SSSR count). The largest absolute Gasteiger partial charge is 0.0622 e. The van der Waals surface area contributed by atoms with Crippen LogP contribution in [-0.4, -0.2) is 0 Å². The minimum atomic E-state index is 0.414. The smallest absolute Gasteiger partial charge is 0.0136 e. The topological polar surface area (TPSA) is 0 Å². The zero-order valence-electron chi connectivity index (χ0n) is 11.9. The van der Waals surface area contributed by atoms with Crippen LogP contribution in [0.1, 0.15) is 22.6 Å². The van der Waals surface area contributed by atoms with Crippen molar-refractivity contribution in [3.05, 3.63) is 102 Å². The number of benzene rings is 3. The van der Waals surface area contributed by atoms with Gasteiger partial charge < -0.3 is 0 Å². The summed E-state index contributed by atoms with van der Waals surface area (Å²) in [6.45, 7) is 0. The molecule has 1 aliphatic carbocycles. The van der Waals surface area contributed by atoms with Crippen molar-refractivity contribution in [2.24, 2.45) is 0 Å². The van der Waals surface area contributed by atoms with Gasteiger partial charge in [-0.1, -0.05) is 78.9 Å². The summed E-state index contributed by atoms with van der Waals surface area (Å²) in [5.41, 5.74) is 7.04. The molecule has 0 aliphatic heterocycles. The first-order chi connectivity index (χ1) is 10.4. The predicted molar refractivity (Wildman–Crippen MR) is 88.2 cm³/mol. The molecule has 0 N–H and O–H groups in total. The van der Waals surface area contributed by atoms with Gasteiger partial charge in [0.1, 0.15) is 0 Å². The van der Waals surface area contributed by atoms with Gasteiger partial charge in [0.2, 0.25) is 0 Å². The van der Waals surface area contributed by atoms with Gasteiger partial charge >= 0.3 is 0 Å². The third-order valence-corrected chi connectivity index (χ3v) is 4.31. The van der Waals surface area contributed by atoms with Crippen molar-refractivity contribution >= 4 is 0 Å². The number of rotatable bonds is 3. The maximum atomic E-state index is 2.44. The van der Waals surface area contributed by atoms with E-state index in [1.807, 2.05) is 0 Å². The third kappa shape index (κ3) is 2.17. The standard InChI is InChI=1S/C21H17/c1-2-8-16(9-3-1)14-15-21-19-12-6-4-10-17(19)18-11-5-7-13-20(18)21/h1-13,15,21H,14H2. The first-order valence-corrected chi connectivity index (χ1v) is 7.49. The second kappa shape index (κ2) is 5.21. The summed E-state index contributed by atoms with van der Waals surface area (Å²) in [5.74, 6) is 0.414. The highest BCUT2D eigenvalue weighted by molar-refractivity contribution is 5.79. The summed E-state index contributed by atoms with van der Waals surface area (Å²) in [7, 11) is 0. The van der Waals surface area contributed by atoms with Crippen LogP contribution in [0.4, 0.5) is 0 Å². The van der Waals surface area contributed by atoms with Crippen molar-refractivity contribution in [2.75, 3.05) is 0 Å². The highest BCUT2D eigenvalue weighted by atomic mass is 14.3. The Morgan fingerprint density at radius 2 is 1.14 bits per heavy atom. The second-order valence-corrected chi connectivity index (χ2v) is 5.58. The first kappa shape index (κ1) is 12.4. The zero-order valence-corrected chi connectivity index (χ0v) is 11.9. The first-order valence-electron chi connectivity index (χ1n) is 7.49. The van der Waals surface area contributed by atoms with E-state index < -0.39 is 0 Å². The molecule has 0 saturated carbocycles. The van der Waals surface area contributed by atoms with E-state index in [0.29, 0.717) is 5.92 Å². The Balaban J connectivity index is 1.69. The number of hydrogen-bond donors (Lipinski definition) is 0. The monoisotopic (exact) mass is 269 g/mol. The van der Waals surface area contributed by atoms with Crippen molar-refractivity contribution in [2.45, 2.75) is 12.3 Å². The Labute approximate surface area is 126 Å². The maximum Gasteiger partial charge on any atom is 0.0136 e. The van der Waals surface area contributed by atoms with Crippen LogP contribution in [0.25, 0.3) is 11.1 Å². The summed E-state index contributed by atoms with van der Waals surface area (Å²) < 4.78 is 0. The molecule has 0 nitrogen and oxygen atoms in total. The van der Waals surface area contributed by atoms with Crippen LogP contribution in [0.2, 0.25) is 0 Å². The molecule has 1 radical (unpaired) electrons. The van der Waals surface area contributed by atoms with E-state index in [1.54, 1.807) is 0 Å². The van der Waals surface area contributed by atoms with Gasteiger partial charge in [-0.25, -0.2) is 0 Å². The normalized spacial score (nSPS) is 13.0. The third-order valence-electron chi connectivity index (χ3n) is 4.31. The second-order valence-electron chi connectivity index (χ2n) is 5.58. The molecule has 0 heteroatoms. The van der Waals surface area contributed by atoms with E-state index in [1.165, 1.54) is 27.8 Å². The van der Waals surface area contributed by atoms with Gasteiger partial charge in [0, 0.05) is 5.92 Å². The molecule has 21 heavy (non-hydrogen) atoms. The Bertz CT molecular complexity index is 710. The molecular weight excluding hydrogens is 252 g/mol. The van der Waals surface area contributed by atoms with Crippen molar-refractivity contribution in [1.29, 1.82) is 0 Å². The lowest BCUT2D eigenvalue weighted by molar-refractivity contribution is 0.912. The van der Waals surface area contributed by atoms with Crippen LogP contribution in [0.3, 0.4) is 0 Å². The quantitative estimate of drug-likeness (QED) is 0.609. The molecule has 0 bridgehead atoms. The van der Waals surface area contributed by atoms with Gasteiger partial charge in [0.15, 0.2) is 0 Å². The van der Waals surface area contributed by atoms with Crippen molar-refractivity contribution < 1.29 is 0 Å². The van der Waals surface area contributed by atoms with Crippen LogP contribution in [0.5, 0.6) is 0 Å². The molecule has 1 aliphatic rings. The molecule has 0 fully saturated rings. The maximum absolute atomic E-state index is 2.44. The zero-order chi connectivity index (χ0) is 14.1. The van der Waals surface area contributed by atoms with Gasteiger partial charge in [-0.2, -0.15) is 0 Å². The van der Waals surface area contributed by atoms with Crippen LogP contribution in [0.15, 0.2) is 78.9 Å². The van der Waals surface area contributed by atoms with E-state index in [-0.39, 0.29) is 0 Å². The van der Waals surface area contributed by atoms with E-state index in [4.69, 9.17) is 0 Å². The summed E-state index contributed by atoms with van der Waals surface area (Å²) >= 11 is 0. The SMILES string of the molecule is [CH](Cc1ccccc1)C1c2ccccc2-c2ccccc21. The Morgan fingerprint density at radius 1 is 0.619 bits per heavy atom. The van der Waals surface area contributed by atoms with Crippen molar-refractivity contribution in [3.8, 4) is 11.1 Å². The highest BCUT2D eigenvalue weighted by Gasteiger charge is 2.27. The lowest BCUT2D eigenvalue weighted by Crippen LogP contribution is -2.00. The lowest BCUT2D eigenvalue weighted by Gasteiger charge is -2.13. The number of hydrogen-bond acceptors (Lipinski definition) is 0. The van der Waals surface area contributed by atoms with Crippen LogP contribution >= 0.6 is 0 Å². The average Bonchev–Trinajstić information content (AvgIpc) is 2.88. The molecule has 3 aromatic rings. The minimum absolute atomic E-state index is 0.414. The van der Waals surface area contributed by atoms with Gasteiger partial charge in [0.25, 0.3) is 0 Å². The van der Waals surface area contributed by atoms with Gasteiger partial charge in [-0.3, -0.25) is 0 Å². The molecule has 0 amide bonds. The summed E-state index contributed by atoms with van der Waals surface area (Å²) in [6.07, 6.45) is 3.45. The van der Waals surface area contributed by atoms with Gasteiger partial charge in [0.05, 0.1) is 0 Å². The fourth-order valence-electron chi connectivity index (χ4n) is 3.32. The fraction of sp³-hybridized carbons (Fsp3) is 0.0952. The lowest BCUT2D eigenvalue weighted by atomic mass is 9.90. The predicted octanol–water partition coefficient (Wildman–Crippen LogP) is 5.25. The Hall–Kier alpha value is -2.34. The summed E-state index contributed by atoms with van der Waals surface area (Å²) in [4.78, 5) is 0. The van der Waals surface area contributed by atoms with Crippen molar-refractivity contribution in [3.63, 3.8) is 0 Å². The Kier molecular flexibility index (Phi) is 3.08. The van der Waals surface area contributed by atoms with E-state index in [0.717, 1.165) is 6.42 Å². The molecule has 101 valence electrons. The van der Waals surface area contributed by atoms with Crippen LogP contribution in [0, 0.1) is 6.42 Å². The molecule has 3 aromatic carbocycles. The van der Waals surface area contributed by atoms with Gasteiger partial charge in [-0.15, -0.1) is 0 Å². The van der Waals surface area contributed by atoms with Gasteiger partial charge in [-0.05, 0) is 40.7 Å². The molecule has 0 unspecified atom stereocenters. The fourth-order valence-corrected chi connectivity index (χ4v) is 3.32. The Morgan fingerprint density at radius 3 is 1.76 bits per heavy atom. The van der Waals surface area contributed by atoms with Crippen molar-refractivity contribution in [1.82, 2.24) is 0 Å². The molecule has 0 spiro atoms. The van der Waals surface area contributed by atoms with Crippen LogP contribution in [-0.2, 0) is 6.42 Å². The average molecular weight is 269 g/mol. The highest BCUT2D eigenvalue weighted by Crippen LogP contribution is 2.45.